The predicted octanol–water partition coefficient (Wildman–Crippen LogP) is 2.02. The second-order valence-electron chi connectivity index (χ2n) is 4.57. The van der Waals surface area contributed by atoms with Crippen LogP contribution in [0.15, 0.2) is 23.1 Å². The van der Waals surface area contributed by atoms with Crippen molar-refractivity contribution >= 4 is 21.6 Å². The van der Waals surface area contributed by atoms with Gasteiger partial charge in [-0.2, -0.15) is 0 Å². The van der Waals surface area contributed by atoms with E-state index in [0.29, 0.717) is 6.54 Å². The van der Waals surface area contributed by atoms with E-state index in [9.17, 15) is 8.42 Å². The Morgan fingerprint density at radius 1 is 1.33 bits per heavy atom. The molecule has 0 aliphatic heterocycles. The highest BCUT2D eigenvalue weighted by Crippen LogP contribution is 2.25. The first kappa shape index (κ1) is 13.8. The number of nitrogens with one attached hydrogen (secondary N) is 1. The third-order valence-corrected chi connectivity index (χ3v) is 5.20. The van der Waals surface area contributed by atoms with Gasteiger partial charge in [-0.1, -0.05) is 30.5 Å². The van der Waals surface area contributed by atoms with Gasteiger partial charge in [0.1, 0.15) is 4.90 Å². The molecule has 3 N–H and O–H groups in total. The normalized spacial score (nSPS) is 17.2. The van der Waals surface area contributed by atoms with Crippen LogP contribution >= 0.6 is 11.6 Å². The topological polar surface area (TPSA) is 72.2 Å². The number of nitrogens with two attached hydrogens (primary N) is 1. The Morgan fingerprint density at radius 2 is 2.00 bits per heavy atom. The molecule has 1 aromatic carbocycles. The second-order valence-corrected chi connectivity index (χ2v) is 6.66. The van der Waals surface area contributed by atoms with E-state index in [4.69, 9.17) is 17.3 Å². The zero-order valence-corrected chi connectivity index (χ0v) is 11.6. The van der Waals surface area contributed by atoms with E-state index >= 15 is 0 Å². The van der Waals surface area contributed by atoms with Crippen molar-refractivity contribution in [2.24, 2.45) is 5.73 Å². The first-order valence-corrected chi connectivity index (χ1v) is 7.90. The molecule has 0 unspecified atom stereocenters. The molecule has 0 amide bonds. The molecule has 0 radical (unpaired) electrons. The summed E-state index contributed by atoms with van der Waals surface area (Å²) in [7, 11) is -3.52. The molecule has 18 heavy (non-hydrogen) atoms. The molecule has 1 saturated carbocycles. The van der Waals surface area contributed by atoms with Gasteiger partial charge in [0.2, 0.25) is 10.0 Å². The lowest BCUT2D eigenvalue weighted by atomic mass is 10.2. The molecule has 0 saturated heterocycles. The van der Waals surface area contributed by atoms with Crippen molar-refractivity contribution in [2.45, 2.75) is 43.2 Å². The Kier molecular flexibility index (Phi) is 4.27. The number of sulfonamides is 1. The average molecular weight is 289 g/mol. The summed E-state index contributed by atoms with van der Waals surface area (Å²) < 4.78 is 27.1. The van der Waals surface area contributed by atoms with E-state index in [1.807, 2.05) is 0 Å². The van der Waals surface area contributed by atoms with Crippen LogP contribution in [0.4, 0.5) is 0 Å². The van der Waals surface area contributed by atoms with Crippen LogP contribution in [0.5, 0.6) is 0 Å². The van der Waals surface area contributed by atoms with Crippen LogP contribution in [-0.2, 0) is 16.6 Å². The summed E-state index contributed by atoms with van der Waals surface area (Å²) in [5, 5.41) is 0.225. The van der Waals surface area contributed by atoms with Crippen molar-refractivity contribution in [3.63, 3.8) is 0 Å². The summed E-state index contributed by atoms with van der Waals surface area (Å²) in [6.07, 6.45) is 3.95. The zero-order chi connectivity index (χ0) is 13.2. The molecular formula is C12H17ClN2O2S. The largest absolute Gasteiger partial charge is 0.326 e. The van der Waals surface area contributed by atoms with Crippen molar-refractivity contribution in [3.05, 3.63) is 28.8 Å². The van der Waals surface area contributed by atoms with Crippen LogP contribution in [-0.4, -0.2) is 14.5 Å². The van der Waals surface area contributed by atoms with Crippen molar-refractivity contribution in [1.82, 2.24) is 4.72 Å². The average Bonchev–Trinajstić information content (AvgIpc) is 2.80. The van der Waals surface area contributed by atoms with Gasteiger partial charge < -0.3 is 5.73 Å². The second kappa shape index (κ2) is 5.57. The van der Waals surface area contributed by atoms with Gasteiger partial charge in [0.25, 0.3) is 0 Å². The molecular weight excluding hydrogens is 272 g/mol. The van der Waals surface area contributed by atoms with Crippen LogP contribution in [0, 0.1) is 0 Å². The van der Waals surface area contributed by atoms with Crippen molar-refractivity contribution < 1.29 is 8.42 Å². The van der Waals surface area contributed by atoms with Gasteiger partial charge in [-0.25, -0.2) is 13.1 Å². The molecule has 0 spiro atoms. The van der Waals surface area contributed by atoms with E-state index in [0.717, 1.165) is 31.2 Å². The quantitative estimate of drug-likeness (QED) is 0.890. The van der Waals surface area contributed by atoms with E-state index in [-0.39, 0.29) is 16.0 Å². The predicted molar refractivity (Wildman–Crippen MR) is 71.9 cm³/mol. The molecule has 0 aromatic heterocycles. The van der Waals surface area contributed by atoms with Gasteiger partial charge in [-0.05, 0) is 30.5 Å². The van der Waals surface area contributed by atoms with Crippen molar-refractivity contribution in [2.75, 3.05) is 0 Å². The highest BCUT2D eigenvalue weighted by atomic mass is 35.5. The molecule has 2 rings (SSSR count). The number of halogens is 1. The summed E-state index contributed by atoms with van der Waals surface area (Å²) in [5.41, 5.74) is 6.31. The van der Waals surface area contributed by atoms with E-state index in [1.165, 1.54) is 6.07 Å². The summed E-state index contributed by atoms with van der Waals surface area (Å²) in [4.78, 5) is 0.133. The molecule has 6 heteroatoms. The molecule has 4 nitrogen and oxygen atoms in total. The van der Waals surface area contributed by atoms with Gasteiger partial charge in [-0.3, -0.25) is 0 Å². The molecule has 1 aliphatic rings. The van der Waals surface area contributed by atoms with Crippen LogP contribution in [0.1, 0.15) is 31.2 Å². The fourth-order valence-corrected chi connectivity index (χ4v) is 4.09. The maximum atomic E-state index is 12.2. The zero-order valence-electron chi connectivity index (χ0n) is 10.0. The fraction of sp³-hybridized carbons (Fsp3) is 0.500. The first-order valence-electron chi connectivity index (χ1n) is 6.04. The lowest BCUT2D eigenvalue weighted by molar-refractivity contribution is 0.552. The standard InChI is InChI=1S/C12H17ClN2O2S/c13-11-7-9(8-14)5-6-12(11)18(16,17)15-10-3-1-2-4-10/h5-7,10,15H,1-4,8,14H2. The maximum absolute atomic E-state index is 12.2. The summed E-state index contributed by atoms with van der Waals surface area (Å²) in [6.45, 7) is 0.343. The molecule has 0 heterocycles. The molecule has 0 atom stereocenters. The lowest BCUT2D eigenvalue weighted by Gasteiger charge is -2.13. The van der Waals surface area contributed by atoms with Crippen molar-refractivity contribution in [3.8, 4) is 0 Å². The third kappa shape index (κ3) is 3.03. The van der Waals surface area contributed by atoms with Gasteiger partial charge >= 0.3 is 0 Å². The minimum Gasteiger partial charge on any atom is -0.326 e. The van der Waals surface area contributed by atoms with Gasteiger partial charge in [-0.15, -0.1) is 0 Å². The summed E-state index contributed by atoms with van der Waals surface area (Å²) in [5.74, 6) is 0. The Balaban J connectivity index is 2.23. The Morgan fingerprint density at radius 3 is 2.56 bits per heavy atom. The van der Waals surface area contributed by atoms with Crippen LogP contribution < -0.4 is 10.5 Å². The number of hydrogen-bond donors (Lipinski definition) is 2. The molecule has 1 fully saturated rings. The Bertz CT molecular complexity index is 525. The van der Waals surface area contributed by atoms with Gasteiger partial charge in [0.05, 0.1) is 5.02 Å². The highest BCUT2D eigenvalue weighted by molar-refractivity contribution is 7.89. The first-order chi connectivity index (χ1) is 8.53. The molecule has 0 bridgehead atoms. The van der Waals surface area contributed by atoms with Crippen LogP contribution in [0.3, 0.4) is 0 Å². The number of hydrogen-bond acceptors (Lipinski definition) is 3. The molecule has 1 aromatic rings. The van der Waals surface area contributed by atoms with E-state index < -0.39 is 10.0 Å². The van der Waals surface area contributed by atoms with Crippen molar-refractivity contribution in [1.29, 1.82) is 0 Å². The minimum atomic E-state index is -3.52. The third-order valence-electron chi connectivity index (χ3n) is 3.20. The number of rotatable bonds is 4. The Labute approximate surface area is 113 Å². The highest BCUT2D eigenvalue weighted by Gasteiger charge is 2.24. The van der Waals surface area contributed by atoms with Crippen LogP contribution in [0.2, 0.25) is 5.02 Å². The van der Waals surface area contributed by atoms with Gasteiger partial charge in [0.15, 0.2) is 0 Å². The minimum absolute atomic E-state index is 0.0419. The summed E-state index contributed by atoms with van der Waals surface area (Å²) in [6, 6.07) is 4.85. The van der Waals surface area contributed by atoms with E-state index in [2.05, 4.69) is 4.72 Å². The molecule has 1 aliphatic carbocycles. The van der Waals surface area contributed by atoms with E-state index in [1.54, 1.807) is 12.1 Å². The smallest absolute Gasteiger partial charge is 0.242 e. The monoisotopic (exact) mass is 288 g/mol. The SMILES string of the molecule is NCc1ccc(S(=O)(=O)NC2CCCC2)c(Cl)c1. The number of benzene rings is 1. The fourth-order valence-electron chi connectivity index (χ4n) is 2.22. The van der Waals surface area contributed by atoms with Gasteiger partial charge in [0, 0.05) is 12.6 Å². The summed E-state index contributed by atoms with van der Waals surface area (Å²) >= 11 is 6.00. The lowest BCUT2D eigenvalue weighted by Crippen LogP contribution is -2.32. The maximum Gasteiger partial charge on any atom is 0.242 e. The molecule has 100 valence electrons. The van der Waals surface area contributed by atoms with Crippen LogP contribution in [0.25, 0.3) is 0 Å². The Hall–Kier alpha value is -0.620.